The van der Waals surface area contributed by atoms with Gasteiger partial charge in [0.15, 0.2) is 0 Å². The van der Waals surface area contributed by atoms with Crippen LogP contribution in [0.3, 0.4) is 0 Å². The maximum atomic E-state index is 4.09. The lowest BCUT2D eigenvalue weighted by Gasteiger charge is -2.29. The molecule has 0 amide bonds. The first-order chi connectivity index (χ1) is 6.77. The Labute approximate surface area is 94.4 Å². The van der Waals surface area contributed by atoms with Crippen LogP contribution in [0, 0.1) is 5.92 Å². The number of piperidine rings is 1. The Bertz CT molecular complexity index is 233. The second-order valence-corrected chi connectivity index (χ2v) is 3.87. The molecular formula is C13H24N2. The fourth-order valence-corrected chi connectivity index (χ4v) is 1.91. The van der Waals surface area contributed by atoms with Gasteiger partial charge in [0.25, 0.3) is 0 Å². The van der Waals surface area contributed by atoms with Gasteiger partial charge in [0.1, 0.15) is 0 Å². The van der Waals surface area contributed by atoms with Crippen molar-refractivity contribution in [2.45, 2.75) is 20.3 Å². The number of nitrogens with zero attached hydrogens (tertiary/aromatic N) is 2. The largest absolute Gasteiger partial charge is 0.306 e. The molecule has 0 aromatic carbocycles. The molecule has 0 aromatic heterocycles. The van der Waals surface area contributed by atoms with Gasteiger partial charge in [-0.05, 0) is 44.5 Å². The summed E-state index contributed by atoms with van der Waals surface area (Å²) in [5.74, 6) is 0.674. The first-order valence-electron chi connectivity index (χ1n) is 5.21. The molecule has 1 saturated heterocycles. The molecule has 2 nitrogen and oxygen atoms in total. The Morgan fingerprint density at radius 2 is 2.00 bits per heavy atom. The van der Waals surface area contributed by atoms with E-state index in [4.69, 9.17) is 0 Å². The van der Waals surface area contributed by atoms with E-state index >= 15 is 0 Å². The molecule has 0 bridgehead atoms. The van der Waals surface area contributed by atoms with Gasteiger partial charge in [-0.25, -0.2) is 0 Å². The fourth-order valence-electron chi connectivity index (χ4n) is 1.91. The van der Waals surface area contributed by atoms with E-state index in [9.17, 15) is 0 Å². The quantitative estimate of drug-likeness (QED) is 0.514. The molecule has 0 spiro atoms. The van der Waals surface area contributed by atoms with Crippen molar-refractivity contribution in [1.29, 1.82) is 0 Å². The standard InChI is InChI=1S/C12H20N2.CH4/c1-4-5-12(10-13-2)11-6-8-14(3)9-7-11;/h4-5,10-11H,1,6-9H2,2-3H3;1H4/b12-5+,13-10?;. The van der Waals surface area contributed by atoms with Gasteiger partial charge in [0, 0.05) is 13.3 Å². The van der Waals surface area contributed by atoms with Crippen LogP contribution in [0.15, 0.2) is 29.3 Å². The summed E-state index contributed by atoms with van der Waals surface area (Å²) >= 11 is 0. The zero-order valence-corrected chi connectivity index (χ0v) is 9.24. The summed E-state index contributed by atoms with van der Waals surface area (Å²) in [7, 11) is 4.01. The van der Waals surface area contributed by atoms with Crippen molar-refractivity contribution in [3.05, 3.63) is 24.3 Å². The highest BCUT2D eigenvalue weighted by Gasteiger charge is 2.18. The van der Waals surface area contributed by atoms with Gasteiger partial charge in [-0.1, -0.05) is 26.2 Å². The van der Waals surface area contributed by atoms with Crippen molar-refractivity contribution >= 4 is 6.21 Å². The van der Waals surface area contributed by atoms with Crippen molar-refractivity contribution < 1.29 is 0 Å². The van der Waals surface area contributed by atoms with E-state index in [1.54, 1.807) is 0 Å². The van der Waals surface area contributed by atoms with Gasteiger partial charge in [0.05, 0.1) is 0 Å². The Hall–Kier alpha value is -0.890. The van der Waals surface area contributed by atoms with Crippen LogP contribution in [0.4, 0.5) is 0 Å². The number of hydrogen-bond donors (Lipinski definition) is 0. The molecule has 15 heavy (non-hydrogen) atoms. The maximum absolute atomic E-state index is 4.09. The monoisotopic (exact) mass is 208 g/mol. The average Bonchev–Trinajstić information content (AvgIpc) is 2.19. The van der Waals surface area contributed by atoms with E-state index in [2.05, 4.69) is 29.6 Å². The van der Waals surface area contributed by atoms with Gasteiger partial charge in [0.2, 0.25) is 0 Å². The van der Waals surface area contributed by atoms with Crippen LogP contribution in [0.25, 0.3) is 0 Å². The van der Waals surface area contributed by atoms with Crippen molar-refractivity contribution in [3.63, 3.8) is 0 Å². The maximum Gasteiger partial charge on any atom is 0.0277 e. The number of allylic oxidation sites excluding steroid dienone is 3. The molecule has 0 aliphatic carbocycles. The minimum absolute atomic E-state index is 0. The van der Waals surface area contributed by atoms with Crippen LogP contribution in [0.2, 0.25) is 0 Å². The summed E-state index contributed by atoms with van der Waals surface area (Å²) in [5.41, 5.74) is 1.33. The summed E-state index contributed by atoms with van der Waals surface area (Å²) in [5, 5.41) is 0. The van der Waals surface area contributed by atoms with E-state index in [1.165, 1.54) is 31.5 Å². The molecule has 1 rings (SSSR count). The van der Waals surface area contributed by atoms with Crippen LogP contribution in [-0.4, -0.2) is 38.3 Å². The Balaban J connectivity index is 0.00000196. The van der Waals surface area contributed by atoms with Crippen LogP contribution >= 0.6 is 0 Å². The number of rotatable bonds is 3. The topological polar surface area (TPSA) is 15.6 Å². The third kappa shape index (κ3) is 4.43. The van der Waals surface area contributed by atoms with Crippen LogP contribution in [-0.2, 0) is 0 Å². The molecule has 1 aliphatic rings. The lowest BCUT2D eigenvalue weighted by atomic mass is 9.89. The SMILES string of the molecule is C.C=C/C=C(\C=NC)C1CCN(C)CC1. The second kappa shape index (κ2) is 7.41. The smallest absolute Gasteiger partial charge is 0.0277 e. The van der Waals surface area contributed by atoms with Gasteiger partial charge in [-0.3, -0.25) is 4.99 Å². The summed E-state index contributed by atoms with van der Waals surface area (Å²) in [6, 6.07) is 0. The number of hydrogen-bond acceptors (Lipinski definition) is 2. The molecule has 0 N–H and O–H groups in total. The first-order valence-corrected chi connectivity index (χ1v) is 5.21. The Morgan fingerprint density at radius 3 is 2.47 bits per heavy atom. The fraction of sp³-hybridized carbons (Fsp3) is 0.615. The molecule has 1 heterocycles. The third-order valence-corrected chi connectivity index (χ3v) is 2.78. The van der Waals surface area contributed by atoms with Crippen molar-refractivity contribution in [3.8, 4) is 0 Å². The zero-order valence-electron chi connectivity index (χ0n) is 9.24. The molecular weight excluding hydrogens is 184 g/mol. The molecule has 0 saturated carbocycles. The first kappa shape index (κ1) is 14.1. The zero-order chi connectivity index (χ0) is 10.4. The number of aliphatic imine (C=N–C) groups is 1. The molecule has 0 unspecified atom stereocenters. The minimum atomic E-state index is 0. The minimum Gasteiger partial charge on any atom is -0.306 e. The van der Waals surface area contributed by atoms with Crippen LogP contribution < -0.4 is 0 Å². The Morgan fingerprint density at radius 1 is 1.40 bits per heavy atom. The van der Waals surface area contributed by atoms with Crippen LogP contribution in [0.5, 0.6) is 0 Å². The van der Waals surface area contributed by atoms with E-state index in [0.29, 0.717) is 5.92 Å². The van der Waals surface area contributed by atoms with Crippen LogP contribution in [0.1, 0.15) is 20.3 Å². The highest BCUT2D eigenvalue weighted by molar-refractivity contribution is 5.79. The van der Waals surface area contributed by atoms with E-state index in [0.717, 1.165) is 0 Å². The van der Waals surface area contributed by atoms with E-state index in [1.807, 2.05) is 19.3 Å². The van der Waals surface area contributed by atoms with Crippen molar-refractivity contribution in [2.75, 3.05) is 27.2 Å². The number of likely N-dealkylation sites (tertiary alicyclic amines) is 1. The predicted molar refractivity (Wildman–Crippen MR) is 69.6 cm³/mol. The van der Waals surface area contributed by atoms with E-state index in [-0.39, 0.29) is 7.43 Å². The van der Waals surface area contributed by atoms with Gasteiger partial charge >= 0.3 is 0 Å². The van der Waals surface area contributed by atoms with Gasteiger partial charge in [-0.2, -0.15) is 0 Å². The summed E-state index contributed by atoms with van der Waals surface area (Å²) in [4.78, 5) is 6.47. The molecule has 0 aromatic rings. The molecule has 2 heteroatoms. The highest BCUT2D eigenvalue weighted by atomic mass is 15.1. The van der Waals surface area contributed by atoms with E-state index < -0.39 is 0 Å². The van der Waals surface area contributed by atoms with Gasteiger partial charge < -0.3 is 4.90 Å². The normalized spacial score (nSPS) is 20.3. The molecule has 1 fully saturated rings. The van der Waals surface area contributed by atoms with Gasteiger partial charge in [-0.15, -0.1) is 0 Å². The van der Waals surface area contributed by atoms with Crippen molar-refractivity contribution in [2.24, 2.45) is 10.9 Å². The van der Waals surface area contributed by atoms with Crippen molar-refractivity contribution in [1.82, 2.24) is 4.90 Å². The molecule has 86 valence electrons. The highest BCUT2D eigenvalue weighted by Crippen LogP contribution is 2.22. The predicted octanol–water partition coefficient (Wildman–Crippen LogP) is 2.78. The summed E-state index contributed by atoms with van der Waals surface area (Å²) in [6.45, 7) is 6.13. The summed E-state index contributed by atoms with van der Waals surface area (Å²) < 4.78 is 0. The lowest BCUT2D eigenvalue weighted by molar-refractivity contribution is 0.241. The average molecular weight is 208 g/mol. The molecule has 0 radical (unpaired) electrons. The molecule has 0 atom stereocenters. The molecule has 1 aliphatic heterocycles. The Kier molecular flexibility index (Phi) is 6.97. The second-order valence-electron chi connectivity index (χ2n) is 3.87. The summed E-state index contributed by atoms with van der Waals surface area (Å²) in [6.07, 6.45) is 8.39. The third-order valence-electron chi connectivity index (χ3n) is 2.78. The lowest BCUT2D eigenvalue weighted by Crippen LogP contribution is -2.31.